The molecule has 0 amide bonds. The number of carbonyl (C=O) groups is 1. The first-order chi connectivity index (χ1) is 4.50. The number of carboxylic acids is 1. The van der Waals surface area contributed by atoms with Crippen molar-refractivity contribution in [2.45, 2.75) is 19.8 Å². The molecule has 0 bridgehead atoms. The van der Waals surface area contributed by atoms with Crippen molar-refractivity contribution in [3.63, 3.8) is 0 Å². The second-order valence-electron chi connectivity index (χ2n) is 2.69. The average Bonchev–Trinajstić information content (AvgIpc) is 1.84. The van der Waals surface area contributed by atoms with E-state index in [0.29, 0.717) is 12.8 Å². The minimum atomic E-state index is -0.942. The summed E-state index contributed by atoms with van der Waals surface area (Å²) in [5.41, 5.74) is -0.942. The highest BCUT2D eigenvalue weighted by atomic mass is 16.4. The van der Waals surface area contributed by atoms with Gasteiger partial charge in [0, 0.05) is 6.61 Å². The molecule has 0 saturated heterocycles. The molecule has 0 spiro atoms. The van der Waals surface area contributed by atoms with E-state index in [1.54, 1.807) is 6.92 Å². The summed E-state index contributed by atoms with van der Waals surface area (Å²) < 4.78 is 0. The second-order valence-corrected chi connectivity index (χ2v) is 2.69. The first kappa shape index (κ1) is 9.43. The third kappa shape index (κ3) is 2.82. The van der Waals surface area contributed by atoms with Gasteiger partial charge < -0.3 is 10.2 Å². The summed E-state index contributed by atoms with van der Waals surface area (Å²) in [7, 11) is 0. The standard InChI is InChI=1S/C7H13O3/c1-7(2,6(9)10)4-3-5-8/h8H,1,3-5H2,2H3,(H,9,10). The molecule has 0 rings (SSSR count). The Morgan fingerprint density at radius 2 is 2.20 bits per heavy atom. The van der Waals surface area contributed by atoms with Crippen LogP contribution in [0.2, 0.25) is 0 Å². The highest BCUT2D eigenvalue weighted by Crippen LogP contribution is 2.21. The van der Waals surface area contributed by atoms with Crippen LogP contribution in [-0.2, 0) is 4.79 Å². The summed E-state index contributed by atoms with van der Waals surface area (Å²) in [5.74, 6) is -0.916. The van der Waals surface area contributed by atoms with Crippen molar-refractivity contribution >= 4 is 5.97 Å². The third-order valence-corrected chi connectivity index (χ3v) is 1.40. The van der Waals surface area contributed by atoms with Gasteiger partial charge in [0.1, 0.15) is 0 Å². The van der Waals surface area contributed by atoms with Crippen LogP contribution in [0.1, 0.15) is 19.8 Å². The van der Waals surface area contributed by atoms with E-state index >= 15 is 0 Å². The minimum Gasteiger partial charge on any atom is -0.481 e. The van der Waals surface area contributed by atoms with Crippen LogP contribution in [0, 0.1) is 12.3 Å². The molecule has 0 aliphatic rings. The monoisotopic (exact) mass is 145 g/mol. The first-order valence-electron chi connectivity index (χ1n) is 3.20. The molecule has 0 aromatic rings. The fourth-order valence-corrected chi connectivity index (χ4v) is 0.576. The van der Waals surface area contributed by atoms with Gasteiger partial charge in [-0.25, -0.2) is 0 Å². The zero-order valence-electron chi connectivity index (χ0n) is 6.13. The lowest BCUT2D eigenvalue weighted by Gasteiger charge is -2.17. The summed E-state index contributed by atoms with van der Waals surface area (Å²) in [6.45, 7) is 5.07. The van der Waals surface area contributed by atoms with Crippen molar-refractivity contribution in [3.8, 4) is 0 Å². The molecule has 0 aromatic carbocycles. The maximum Gasteiger partial charge on any atom is 0.309 e. The van der Waals surface area contributed by atoms with Crippen LogP contribution in [0.5, 0.6) is 0 Å². The molecule has 0 aliphatic carbocycles. The Morgan fingerprint density at radius 1 is 1.70 bits per heavy atom. The largest absolute Gasteiger partial charge is 0.481 e. The van der Waals surface area contributed by atoms with E-state index in [0.717, 1.165) is 0 Å². The Hall–Kier alpha value is -0.570. The van der Waals surface area contributed by atoms with Crippen LogP contribution >= 0.6 is 0 Å². The van der Waals surface area contributed by atoms with Crippen LogP contribution in [0.15, 0.2) is 0 Å². The van der Waals surface area contributed by atoms with Crippen molar-refractivity contribution in [1.82, 2.24) is 0 Å². The molecular weight excluding hydrogens is 132 g/mol. The highest BCUT2D eigenvalue weighted by Gasteiger charge is 2.25. The lowest BCUT2D eigenvalue weighted by atomic mass is 9.88. The first-order valence-corrected chi connectivity index (χ1v) is 3.20. The number of aliphatic hydroxyl groups is 1. The van der Waals surface area contributed by atoms with Crippen molar-refractivity contribution in [2.24, 2.45) is 5.41 Å². The summed E-state index contributed by atoms with van der Waals surface area (Å²) >= 11 is 0. The predicted octanol–water partition coefficient (Wildman–Crippen LogP) is 0.684. The molecule has 2 N–H and O–H groups in total. The van der Waals surface area contributed by atoms with Crippen LogP contribution in [0.4, 0.5) is 0 Å². The van der Waals surface area contributed by atoms with Gasteiger partial charge in [-0.1, -0.05) is 0 Å². The molecule has 10 heavy (non-hydrogen) atoms. The van der Waals surface area contributed by atoms with Gasteiger partial charge in [-0.05, 0) is 26.7 Å². The van der Waals surface area contributed by atoms with Crippen LogP contribution < -0.4 is 0 Å². The summed E-state index contributed by atoms with van der Waals surface area (Å²) in [6, 6.07) is 0. The Balaban J connectivity index is 3.75. The molecular formula is C7H13O3. The van der Waals surface area contributed by atoms with E-state index in [2.05, 4.69) is 6.92 Å². The van der Waals surface area contributed by atoms with Gasteiger partial charge in [0.2, 0.25) is 0 Å². The Bertz CT molecular complexity index is 118. The molecule has 0 heterocycles. The number of hydrogen-bond donors (Lipinski definition) is 2. The fraction of sp³-hybridized carbons (Fsp3) is 0.714. The van der Waals surface area contributed by atoms with E-state index < -0.39 is 11.4 Å². The van der Waals surface area contributed by atoms with Gasteiger partial charge in [-0.15, -0.1) is 0 Å². The van der Waals surface area contributed by atoms with Crippen molar-refractivity contribution < 1.29 is 15.0 Å². The second kappa shape index (κ2) is 3.56. The number of carboxylic acid groups (broad SMARTS) is 1. The van der Waals surface area contributed by atoms with Crippen LogP contribution in [-0.4, -0.2) is 22.8 Å². The zero-order valence-corrected chi connectivity index (χ0v) is 6.13. The quantitative estimate of drug-likeness (QED) is 0.611. The Kier molecular flexibility index (Phi) is 3.36. The van der Waals surface area contributed by atoms with Crippen molar-refractivity contribution in [2.75, 3.05) is 6.61 Å². The molecule has 0 aliphatic heterocycles. The summed E-state index contributed by atoms with van der Waals surface area (Å²) in [6.07, 6.45) is 0.908. The van der Waals surface area contributed by atoms with Gasteiger partial charge in [-0.3, -0.25) is 4.79 Å². The minimum absolute atomic E-state index is 0.0262. The lowest BCUT2D eigenvalue weighted by molar-refractivity contribution is -0.145. The maximum atomic E-state index is 10.4. The number of aliphatic hydroxyl groups excluding tert-OH is 1. The molecule has 3 nitrogen and oxygen atoms in total. The summed E-state index contributed by atoms with van der Waals surface area (Å²) in [5, 5.41) is 16.9. The molecule has 0 aromatic heterocycles. The Labute approximate surface area is 60.7 Å². The molecule has 1 unspecified atom stereocenters. The van der Waals surface area contributed by atoms with E-state index in [4.69, 9.17) is 10.2 Å². The van der Waals surface area contributed by atoms with Crippen molar-refractivity contribution in [3.05, 3.63) is 6.92 Å². The number of aliphatic carboxylic acids is 1. The normalized spacial score (nSPS) is 11.5. The van der Waals surface area contributed by atoms with Crippen LogP contribution in [0.3, 0.4) is 0 Å². The molecule has 59 valence electrons. The number of hydrogen-bond acceptors (Lipinski definition) is 2. The summed E-state index contributed by atoms with van der Waals surface area (Å²) in [4.78, 5) is 10.4. The zero-order chi connectivity index (χ0) is 8.20. The fourth-order valence-electron chi connectivity index (χ4n) is 0.576. The van der Waals surface area contributed by atoms with Gasteiger partial charge >= 0.3 is 5.97 Å². The lowest BCUT2D eigenvalue weighted by Crippen LogP contribution is -2.24. The van der Waals surface area contributed by atoms with Crippen molar-refractivity contribution in [1.29, 1.82) is 0 Å². The molecule has 1 atom stereocenters. The predicted molar refractivity (Wildman–Crippen MR) is 37.4 cm³/mol. The van der Waals surface area contributed by atoms with E-state index in [9.17, 15) is 4.79 Å². The Morgan fingerprint density at radius 3 is 2.50 bits per heavy atom. The maximum absolute atomic E-state index is 10.4. The molecule has 0 fully saturated rings. The molecule has 3 heteroatoms. The van der Waals surface area contributed by atoms with Gasteiger partial charge in [-0.2, -0.15) is 0 Å². The average molecular weight is 145 g/mol. The highest BCUT2D eigenvalue weighted by molar-refractivity contribution is 5.74. The van der Waals surface area contributed by atoms with Crippen LogP contribution in [0.25, 0.3) is 0 Å². The van der Waals surface area contributed by atoms with Gasteiger partial charge in [0.05, 0.1) is 5.41 Å². The smallest absolute Gasteiger partial charge is 0.309 e. The van der Waals surface area contributed by atoms with Gasteiger partial charge in [0.15, 0.2) is 0 Å². The van der Waals surface area contributed by atoms with E-state index in [1.807, 2.05) is 0 Å². The van der Waals surface area contributed by atoms with E-state index in [-0.39, 0.29) is 6.61 Å². The molecule has 0 saturated carbocycles. The van der Waals surface area contributed by atoms with Gasteiger partial charge in [0.25, 0.3) is 0 Å². The molecule has 1 radical (unpaired) electrons. The SMILES string of the molecule is [CH2]C(C)(CCCO)C(=O)O. The topological polar surface area (TPSA) is 57.5 Å². The third-order valence-electron chi connectivity index (χ3n) is 1.40. The van der Waals surface area contributed by atoms with E-state index in [1.165, 1.54) is 0 Å². The number of rotatable bonds is 4.